The fourth-order valence-corrected chi connectivity index (χ4v) is 1.94. The Morgan fingerprint density at radius 3 is 3.00 bits per heavy atom. The third-order valence-corrected chi connectivity index (χ3v) is 2.86. The van der Waals surface area contributed by atoms with Gasteiger partial charge in [0.05, 0.1) is 4.92 Å². The van der Waals surface area contributed by atoms with E-state index in [2.05, 4.69) is 10.3 Å². The summed E-state index contributed by atoms with van der Waals surface area (Å²) in [5, 5.41) is 22.7. The topological polar surface area (TPSA) is 91.8 Å². The zero-order valence-corrected chi connectivity index (χ0v) is 10.3. The van der Waals surface area contributed by atoms with Crippen LogP contribution in [-0.4, -0.2) is 28.0 Å². The first-order chi connectivity index (χ1) is 8.10. The van der Waals surface area contributed by atoms with Crippen LogP contribution in [0.3, 0.4) is 0 Å². The van der Waals surface area contributed by atoms with Crippen molar-refractivity contribution in [1.82, 2.24) is 4.98 Å². The van der Waals surface area contributed by atoms with E-state index in [9.17, 15) is 10.1 Å². The molecule has 0 saturated heterocycles. The molecule has 1 rings (SSSR count). The van der Waals surface area contributed by atoms with E-state index in [1.165, 1.54) is 12.3 Å². The molecule has 0 aliphatic rings. The van der Waals surface area contributed by atoms with Gasteiger partial charge in [0.1, 0.15) is 11.6 Å². The van der Waals surface area contributed by atoms with Crippen LogP contribution >= 0.6 is 11.8 Å². The lowest BCUT2D eigenvalue weighted by Gasteiger charge is -2.13. The van der Waals surface area contributed by atoms with Crippen molar-refractivity contribution in [2.75, 3.05) is 17.3 Å². The molecule has 0 aromatic carbocycles. The second-order valence-corrected chi connectivity index (χ2v) is 4.34. The maximum Gasteiger partial charge on any atom is 0.328 e. The summed E-state index contributed by atoms with van der Waals surface area (Å²) in [4.78, 5) is 14.2. The predicted octanol–water partition coefficient (Wildman–Crippen LogP) is 2.02. The number of hydrogen-bond donors (Lipinski definition) is 1. The average Bonchev–Trinajstić information content (AvgIpc) is 2.28. The number of nitro groups is 1. The lowest BCUT2D eigenvalue weighted by molar-refractivity contribution is -0.384. The van der Waals surface area contributed by atoms with Crippen molar-refractivity contribution in [3.63, 3.8) is 0 Å². The summed E-state index contributed by atoms with van der Waals surface area (Å²) in [5.41, 5.74) is -0.244. The molecule has 6 nitrogen and oxygen atoms in total. The second-order valence-electron chi connectivity index (χ2n) is 3.43. The van der Waals surface area contributed by atoms with Gasteiger partial charge < -0.3 is 5.32 Å². The van der Waals surface area contributed by atoms with E-state index < -0.39 is 4.92 Å². The van der Waals surface area contributed by atoms with Crippen molar-refractivity contribution >= 4 is 23.3 Å². The van der Waals surface area contributed by atoms with Crippen LogP contribution in [0.15, 0.2) is 12.3 Å². The van der Waals surface area contributed by atoms with Gasteiger partial charge in [-0.25, -0.2) is 4.98 Å². The molecule has 1 aromatic heterocycles. The van der Waals surface area contributed by atoms with Gasteiger partial charge in [-0.3, -0.25) is 10.1 Å². The summed E-state index contributed by atoms with van der Waals surface area (Å²) in [6.07, 6.45) is 3.34. The minimum atomic E-state index is -0.584. The molecule has 0 aliphatic heterocycles. The number of hydrogen-bond acceptors (Lipinski definition) is 6. The Morgan fingerprint density at radius 2 is 2.47 bits per heavy atom. The minimum absolute atomic E-state index is 0.0175. The third kappa shape index (κ3) is 3.32. The Balaban J connectivity index is 3.07. The van der Waals surface area contributed by atoms with Gasteiger partial charge in [-0.05, 0) is 19.2 Å². The summed E-state index contributed by atoms with van der Waals surface area (Å²) < 4.78 is 0. The minimum Gasteiger partial charge on any atom is -0.361 e. The number of aromatic nitrogens is 1. The highest BCUT2D eigenvalue weighted by atomic mass is 32.2. The van der Waals surface area contributed by atoms with Crippen molar-refractivity contribution < 1.29 is 4.92 Å². The van der Waals surface area contributed by atoms with Crippen LogP contribution in [0.4, 0.5) is 11.5 Å². The first-order valence-corrected chi connectivity index (χ1v) is 6.28. The summed E-state index contributed by atoms with van der Waals surface area (Å²) in [6, 6.07) is 3.18. The van der Waals surface area contributed by atoms with Gasteiger partial charge in [-0.15, -0.1) is 0 Å². The molecule has 1 N–H and O–H groups in total. The van der Waals surface area contributed by atoms with Gasteiger partial charge in [0.25, 0.3) is 0 Å². The molecule has 90 valence electrons. The molecule has 17 heavy (non-hydrogen) atoms. The lowest BCUT2D eigenvalue weighted by Crippen LogP contribution is -2.19. The van der Waals surface area contributed by atoms with Crippen LogP contribution < -0.4 is 5.32 Å². The molecule has 1 heterocycles. The van der Waals surface area contributed by atoms with E-state index in [0.717, 1.165) is 5.75 Å². The summed E-state index contributed by atoms with van der Waals surface area (Å²) in [7, 11) is 0. The van der Waals surface area contributed by atoms with Gasteiger partial charge in [-0.2, -0.15) is 17.0 Å². The Bertz CT molecular complexity index is 458. The molecule has 0 radical (unpaired) electrons. The standard InChI is InChI=1S/C10H12N4O2S/c1-7(6-17-2)13-10-9(14(15)16)8(5-11)3-4-12-10/h3-4,7H,6H2,1-2H3,(H,12,13). The van der Waals surface area contributed by atoms with E-state index in [1.54, 1.807) is 17.8 Å². The van der Waals surface area contributed by atoms with Crippen LogP contribution in [0.1, 0.15) is 12.5 Å². The van der Waals surface area contributed by atoms with Crippen molar-refractivity contribution in [1.29, 1.82) is 5.26 Å². The van der Waals surface area contributed by atoms with Crippen molar-refractivity contribution in [3.05, 3.63) is 27.9 Å². The molecule has 0 aliphatic carbocycles. The van der Waals surface area contributed by atoms with Crippen molar-refractivity contribution in [3.8, 4) is 6.07 Å². The van der Waals surface area contributed by atoms with E-state index in [-0.39, 0.29) is 23.1 Å². The van der Waals surface area contributed by atoms with Crippen LogP contribution in [0, 0.1) is 21.4 Å². The summed E-state index contributed by atoms with van der Waals surface area (Å²) in [5.74, 6) is 0.950. The van der Waals surface area contributed by atoms with E-state index in [1.807, 2.05) is 13.2 Å². The smallest absolute Gasteiger partial charge is 0.328 e. The SMILES string of the molecule is CSCC(C)Nc1nccc(C#N)c1[N+](=O)[O-]. The number of pyridine rings is 1. The first-order valence-electron chi connectivity index (χ1n) is 4.89. The fraction of sp³-hybridized carbons (Fsp3) is 0.400. The number of nitrogens with zero attached hydrogens (tertiary/aromatic N) is 3. The molecule has 1 unspecified atom stereocenters. The van der Waals surface area contributed by atoms with Crippen LogP contribution in [0.2, 0.25) is 0 Å². The Kier molecular flexibility index (Phi) is 4.72. The molecule has 0 spiro atoms. The third-order valence-electron chi connectivity index (χ3n) is 2.03. The second kappa shape index (κ2) is 6.06. The van der Waals surface area contributed by atoms with E-state index in [0.29, 0.717) is 0 Å². The zero-order chi connectivity index (χ0) is 12.8. The highest BCUT2D eigenvalue weighted by Gasteiger charge is 2.21. The van der Waals surface area contributed by atoms with E-state index >= 15 is 0 Å². The maximum atomic E-state index is 10.9. The van der Waals surface area contributed by atoms with Gasteiger partial charge in [0.2, 0.25) is 5.82 Å². The average molecular weight is 252 g/mol. The van der Waals surface area contributed by atoms with Gasteiger partial charge in [-0.1, -0.05) is 0 Å². The monoisotopic (exact) mass is 252 g/mol. The highest BCUT2D eigenvalue weighted by Crippen LogP contribution is 2.26. The van der Waals surface area contributed by atoms with Crippen molar-refractivity contribution in [2.24, 2.45) is 0 Å². The predicted molar refractivity (Wildman–Crippen MR) is 67.1 cm³/mol. The largest absolute Gasteiger partial charge is 0.361 e. The molecule has 0 amide bonds. The zero-order valence-electron chi connectivity index (χ0n) is 9.51. The normalized spacial score (nSPS) is 11.6. The Morgan fingerprint density at radius 1 is 1.76 bits per heavy atom. The van der Waals surface area contributed by atoms with Crippen molar-refractivity contribution in [2.45, 2.75) is 13.0 Å². The fourth-order valence-electron chi connectivity index (χ4n) is 1.36. The van der Waals surface area contributed by atoms with Crippen LogP contribution in [0.25, 0.3) is 0 Å². The summed E-state index contributed by atoms with van der Waals surface area (Å²) >= 11 is 1.63. The van der Waals surface area contributed by atoms with Crippen LogP contribution in [-0.2, 0) is 0 Å². The van der Waals surface area contributed by atoms with E-state index in [4.69, 9.17) is 5.26 Å². The highest BCUT2D eigenvalue weighted by molar-refractivity contribution is 7.98. The lowest BCUT2D eigenvalue weighted by atomic mass is 10.2. The Labute approximate surface area is 103 Å². The number of nitrogens with one attached hydrogen (secondary N) is 1. The molecule has 0 bridgehead atoms. The maximum absolute atomic E-state index is 10.9. The molecule has 0 fully saturated rings. The Hall–Kier alpha value is -1.81. The number of rotatable bonds is 5. The molecular formula is C10H12N4O2S. The van der Waals surface area contributed by atoms with Gasteiger partial charge in [0, 0.05) is 18.0 Å². The number of nitriles is 1. The molecule has 1 aromatic rings. The molecule has 0 saturated carbocycles. The number of thioether (sulfide) groups is 1. The van der Waals surface area contributed by atoms with Gasteiger partial charge in [0.15, 0.2) is 0 Å². The van der Waals surface area contributed by atoms with Gasteiger partial charge >= 0.3 is 5.69 Å². The first kappa shape index (κ1) is 13.3. The molecular weight excluding hydrogens is 240 g/mol. The molecule has 1 atom stereocenters. The summed E-state index contributed by atoms with van der Waals surface area (Å²) in [6.45, 7) is 1.90. The molecule has 7 heteroatoms. The number of anilines is 1. The van der Waals surface area contributed by atoms with Crippen LogP contribution in [0.5, 0.6) is 0 Å². The quantitative estimate of drug-likeness (QED) is 0.636.